The van der Waals surface area contributed by atoms with E-state index in [1.807, 2.05) is 30.5 Å². The molecule has 0 spiro atoms. The van der Waals surface area contributed by atoms with Crippen LogP contribution in [0.2, 0.25) is 0 Å². The molecule has 0 aliphatic rings. The van der Waals surface area contributed by atoms with Crippen molar-refractivity contribution < 1.29 is 0 Å². The summed E-state index contributed by atoms with van der Waals surface area (Å²) in [5, 5.41) is 4.92. The van der Waals surface area contributed by atoms with E-state index in [2.05, 4.69) is 42.6 Å². The molecule has 0 aliphatic heterocycles. The molecule has 0 amide bonds. The molecule has 3 rings (SSSR count). The maximum absolute atomic E-state index is 5.84. The third-order valence-electron chi connectivity index (χ3n) is 2.50. The summed E-state index contributed by atoms with van der Waals surface area (Å²) in [5.41, 5.74) is 6.77. The van der Waals surface area contributed by atoms with Crippen LogP contribution < -0.4 is 5.73 Å². The van der Waals surface area contributed by atoms with Gasteiger partial charge in [0.05, 0.1) is 0 Å². The molecule has 19 heavy (non-hydrogen) atoms. The molecule has 0 saturated heterocycles. The molecule has 3 aromatic rings. The van der Waals surface area contributed by atoms with Gasteiger partial charge in [-0.25, -0.2) is 0 Å². The number of halogens is 1. The van der Waals surface area contributed by atoms with Gasteiger partial charge in [-0.1, -0.05) is 23.9 Å². The van der Waals surface area contributed by atoms with Crippen molar-refractivity contribution in [2.75, 3.05) is 12.0 Å². The highest BCUT2D eigenvalue weighted by Gasteiger charge is 2.11. The monoisotopic (exact) mass is 384 g/mol. The Morgan fingerprint density at radius 1 is 1.16 bits per heavy atom. The number of fused-ring (bicyclic) bond motifs is 1. The molecule has 0 atom stereocenters. The quantitative estimate of drug-likeness (QED) is 0.538. The molecule has 0 aliphatic carbocycles. The van der Waals surface area contributed by atoms with E-state index in [1.165, 1.54) is 16.3 Å². The second-order valence-corrected chi connectivity index (χ2v) is 5.74. The Hall–Kier alpha value is -1.42. The van der Waals surface area contributed by atoms with Gasteiger partial charge in [0.15, 0.2) is 11.0 Å². The highest BCUT2D eigenvalue weighted by atomic mass is 127. The van der Waals surface area contributed by atoms with Gasteiger partial charge in [0, 0.05) is 9.13 Å². The van der Waals surface area contributed by atoms with Gasteiger partial charge in [-0.2, -0.15) is 19.5 Å². The van der Waals surface area contributed by atoms with Crippen molar-refractivity contribution in [1.29, 1.82) is 0 Å². The van der Waals surface area contributed by atoms with Gasteiger partial charge in [-0.15, -0.1) is 5.10 Å². The Bertz CT molecular complexity index is 739. The smallest absolute Gasteiger partial charge is 0.258 e. The van der Waals surface area contributed by atoms with E-state index in [-0.39, 0.29) is 0 Å². The van der Waals surface area contributed by atoms with E-state index >= 15 is 0 Å². The normalized spacial score (nSPS) is 11.1. The molecule has 8 heteroatoms. The Kier molecular flexibility index (Phi) is 3.27. The number of nitrogens with zero attached hydrogens (tertiary/aromatic N) is 5. The van der Waals surface area contributed by atoms with Crippen LogP contribution in [0, 0.1) is 3.57 Å². The van der Waals surface area contributed by atoms with Crippen LogP contribution in [0.1, 0.15) is 0 Å². The fourth-order valence-electron chi connectivity index (χ4n) is 1.60. The number of anilines is 1. The molecule has 96 valence electrons. The Balaban J connectivity index is 2.16. The van der Waals surface area contributed by atoms with E-state index in [9.17, 15) is 0 Å². The minimum absolute atomic E-state index is 0.290. The van der Waals surface area contributed by atoms with Crippen molar-refractivity contribution in [2.45, 2.75) is 5.16 Å². The van der Waals surface area contributed by atoms with Gasteiger partial charge < -0.3 is 5.73 Å². The summed E-state index contributed by atoms with van der Waals surface area (Å²) in [6, 6.07) is 7.94. The zero-order valence-corrected chi connectivity index (χ0v) is 12.9. The molecule has 2 N–H and O–H groups in total. The molecule has 0 radical (unpaired) electrons. The number of rotatable bonds is 2. The lowest BCUT2D eigenvalue weighted by Crippen LogP contribution is -2.04. The number of hydrogen-bond donors (Lipinski definition) is 1. The maximum atomic E-state index is 5.84. The fourth-order valence-corrected chi connectivity index (χ4v) is 2.32. The topological polar surface area (TPSA) is 82.0 Å². The minimum Gasteiger partial charge on any atom is -0.368 e. The fraction of sp³-hybridized carbons (Fsp3) is 0.0909. The van der Waals surface area contributed by atoms with Crippen molar-refractivity contribution in [1.82, 2.24) is 24.6 Å². The Labute approximate surface area is 127 Å². The average Bonchev–Trinajstić information content (AvgIpc) is 2.84. The summed E-state index contributed by atoms with van der Waals surface area (Å²) in [6.45, 7) is 0. The molecule has 1 aromatic carbocycles. The van der Waals surface area contributed by atoms with Crippen LogP contribution in [0.15, 0.2) is 29.4 Å². The third-order valence-corrected chi connectivity index (χ3v) is 3.76. The zero-order chi connectivity index (χ0) is 13.4. The summed E-state index contributed by atoms with van der Waals surface area (Å²) in [5.74, 6) is 1.35. The molecular formula is C11H9IN6S. The standard InChI is InChI=1S/C11H9IN6S/c1-19-11-15-9(13)18-10(16-11)14-8(17-18)6-2-4-7(12)5-3-6/h2-5H,1H3,(H2,13,14,15,16,17). The maximum Gasteiger partial charge on any atom is 0.258 e. The predicted octanol–water partition coefficient (Wildman–Crippen LogP) is 2.09. The summed E-state index contributed by atoms with van der Waals surface area (Å²) < 4.78 is 2.61. The first-order valence-corrected chi connectivity index (χ1v) is 7.68. The summed E-state index contributed by atoms with van der Waals surface area (Å²) in [7, 11) is 0. The molecule has 0 unspecified atom stereocenters. The number of hydrogen-bond acceptors (Lipinski definition) is 6. The molecule has 2 aromatic heterocycles. The average molecular weight is 384 g/mol. The largest absolute Gasteiger partial charge is 0.368 e. The van der Waals surface area contributed by atoms with E-state index in [0.29, 0.717) is 22.7 Å². The molecular weight excluding hydrogens is 375 g/mol. The lowest BCUT2D eigenvalue weighted by atomic mass is 10.2. The highest BCUT2D eigenvalue weighted by Crippen LogP contribution is 2.19. The molecule has 0 bridgehead atoms. The minimum atomic E-state index is 0.290. The van der Waals surface area contributed by atoms with Gasteiger partial charge >= 0.3 is 0 Å². The number of aromatic nitrogens is 5. The summed E-state index contributed by atoms with van der Waals surface area (Å²) >= 11 is 3.67. The predicted molar refractivity (Wildman–Crippen MR) is 82.9 cm³/mol. The molecule has 0 fully saturated rings. The lowest BCUT2D eigenvalue weighted by molar-refractivity contribution is 0.851. The van der Waals surface area contributed by atoms with Crippen molar-refractivity contribution >= 4 is 46.1 Å². The van der Waals surface area contributed by atoms with Crippen molar-refractivity contribution in [3.63, 3.8) is 0 Å². The van der Waals surface area contributed by atoms with Crippen LogP contribution in [0.5, 0.6) is 0 Å². The van der Waals surface area contributed by atoms with Gasteiger partial charge in [-0.3, -0.25) is 0 Å². The van der Waals surface area contributed by atoms with E-state index < -0.39 is 0 Å². The lowest BCUT2D eigenvalue weighted by Gasteiger charge is -1.97. The molecule has 0 saturated carbocycles. The van der Waals surface area contributed by atoms with Gasteiger partial charge in [-0.05, 0) is 41.0 Å². The van der Waals surface area contributed by atoms with Gasteiger partial charge in [0.1, 0.15) is 0 Å². The molecule has 6 nitrogen and oxygen atoms in total. The van der Waals surface area contributed by atoms with Crippen molar-refractivity contribution in [3.8, 4) is 11.4 Å². The van der Waals surface area contributed by atoms with Crippen LogP contribution in [0.3, 0.4) is 0 Å². The summed E-state index contributed by atoms with van der Waals surface area (Å²) in [4.78, 5) is 12.8. The Morgan fingerprint density at radius 2 is 1.89 bits per heavy atom. The first kappa shape index (κ1) is 12.6. The number of benzene rings is 1. The van der Waals surface area contributed by atoms with Crippen LogP contribution in [0.25, 0.3) is 17.2 Å². The summed E-state index contributed by atoms with van der Waals surface area (Å²) in [6.07, 6.45) is 1.89. The van der Waals surface area contributed by atoms with E-state index in [4.69, 9.17) is 5.73 Å². The van der Waals surface area contributed by atoms with Crippen LogP contribution in [0.4, 0.5) is 5.95 Å². The number of thioether (sulfide) groups is 1. The SMILES string of the molecule is CSc1nc(N)n2nc(-c3ccc(I)cc3)nc2n1. The van der Waals surface area contributed by atoms with E-state index in [0.717, 1.165) is 9.13 Å². The Morgan fingerprint density at radius 3 is 2.58 bits per heavy atom. The van der Waals surface area contributed by atoms with Crippen LogP contribution >= 0.6 is 34.4 Å². The second kappa shape index (κ2) is 4.93. The highest BCUT2D eigenvalue weighted by molar-refractivity contribution is 14.1. The first-order chi connectivity index (χ1) is 9.17. The first-order valence-electron chi connectivity index (χ1n) is 5.37. The van der Waals surface area contributed by atoms with E-state index in [1.54, 1.807) is 0 Å². The number of nitrogens with two attached hydrogens (primary N) is 1. The van der Waals surface area contributed by atoms with Crippen molar-refractivity contribution in [3.05, 3.63) is 27.8 Å². The second-order valence-electron chi connectivity index (χ2n) is 3.72. The molecule has 2 heterocycles. The van der Waals surface area contributed by atoms with Gasteiger partial charge in [0.25, 0.3) is 5.78 Å². The number of nitrogen functional groups attached to an aromatic ring is 1. The van der Waals surface area contributed by atoms with Crippen LogP contribution in [-0.4, -0.2) is 30.8 Å². The van der Waals surface area contributed by atoms with Gasteiger partial charge in [0.2, 0.25) is 5.95 Å². The van der Waals surface area contributed by atoms with Crippen LogP contribution in [-0.2, 0) is 0 Å². The van der Waals surface area contributed by atoms with Crippen molar-refractivity contribution in [2.24, 2.45) is 0 Å². The third kappa shape index (κ3) is 2.37. The zero-order valence-electron chi connectivity index (χ0n) is 9.91.